The van der Waals surface area contributed by atoms with Crippen molar-refractivity contribution in [2.24, 2.45) is 0 Å². The first-order valence-electron chi connectivity index (χ1n) is 10.3. The SMILES string of the molecule is CN(C)CCCN1C(=O)C(=O)/C(=C(\O)c2ccc3ccccc3c2)C1c1cccnc1. The number of Topliss-reactive ketones (excluding diaryl/α,β-unsaturated/α-hetero) is 1. The molecule has 2 heterocycles. The van der Waals surface area contributed by atoms with Crippen LogP contribution in [0.5, 0.6) is 0 Å². The Morgan fingerprint density at radius 3 is 2.55 bits per heavy atom. The fraction of sp³-hybridized carbons (Fsp3) is 0.240. The van der Waals surface area contributed by atoms with E-state index in [4.69, 9.17) is 0 Å². The third-order valence-electron chi connectivity index (χ3n) is 5.57. The minimum atomic E-state index is -0.665. The highest BCUT2D eigenvalue weighted by Gasteiger charge is 2.45. The number of benzene rings is 2. The van der Waals surface area contributed by atoms with Gasteiger partial charge < -0.3 is 14.9 Å². The second-order valence-corrected chi connectivity index (χ2v) is 8.00. The van der Waals surface area contributed by atoms with E-state index >= 15 is 0 Å². The molecule has 31 heavy (non-hydrogen) atoms. The number of rotatable bonds is 6. The highest BCUT2D eigenvalue weighted by atomic mass is 16.3. The molecule has 1 amide bonds. The summed E-state index contributed by atoms with van der Waals surface area (Å²) in [6, 6.07) is 16.3. The zero-order chi connectivity index (χ0) is 22.0. The molecule has 1 fully saturated rings. The maximum Gasteiger partial charge on any atom is 0.295 e. The molecule has 0 radical (unpaired) electrons. The molecule has 158 valence electrons. The Labute approximate surface area is 181 Å². The Bertz CT molecular complexity index is 1150. The number of aliphatic hydroxyl groups is 1. The van der Waals surface area contributed by atoms with Crippen molar-refractivity contribution in [3.05, 3.63) is 83.7 Å². The first kappa shape index (κ1) is 20.8. The molecule has 3 aromatic rings. The number of carbonyl (C=O) groups is 2. The maximum absolute atomic E-state index is 13.0. The van der Waals surface area contributed by atoms with Crippen molar-refractivity contribution in [3.63, 3.8) is 0 Å². The van der Waals surface area contributed by atoms with E-state index in [1.54, 1.807) is 29.4 Å². The van der Waals surface area contributed by atoms with Crippen molar-refractivity contribution in [2.45, 2.75) is 12.5 Å². The molecule has 6 heteroatoms. The lowest BCUT2D eigenvalue weighted by atomic mass is 9.95. The summed E-state index contributed by atoms with van der Waals surface area (Å²) in [5.74, 6) is -1.41. The lowest BCUT2D eigenvalue weighted by Crippen LogP contribution is -2.32. The quantitative estimate of drug-likeness (QED) is 0.378. The van der Waals surface area contributed by atoms with Crippen molar-refractivity contribution in [1.82, 2.24) is 14.8 Å². The zero-order valence-corrected chi connectivity index (χ0v) is 17.7. The van der Waals surface area contributed by atoms with Gasteiger partial charge >= 0.3 is 0 Å². The van der Waals surface area contributed by atoms with Crippen LogP contribution < -0.4 is 0 Å². The summed E-state index contributed by atoms with van der Waals surface area (Å²) < 4.78 is 0. The van der Waals surface area contributed by atoms with E-state index in [9.17, 15) is 14.7 Å². The first-order chi connectivity index (χ1) is 15.0. The topological polar surface area (TPSA) is 73.7 Å². The Balaban J connectivity index is 1.80. The highest BCUT2D eigenvalue weighted by Crippen LogP contribution is 2.39. The van der Waals surface area contributed by atoms with Crippen molar-refractivity contribution in [3.8, 4) is 0 Å². The molecule has 1 atom stereocenters. The minimum Gasteiger partial charge on any atom is -0.507 e. The molecule has 1 aliphatic rings. The number of carbonyl (C=O) groups excluding carboxylic acids is 2. The van der Waals surface area contributed by atoms with Crippen LogP contribution in [0.2, 0.25) is 0 Å². The number of likely N-dealkylation sites (tertiary alicyclic amines) is 1. The van der Waals surface area contributed by atoms with E-state index in [0.717, 1.165) is 17.3 Å². The number of pyridine rings is 1. The van der Waals surface area contributed by atoms with Crippen molar-refractivity contribution in [1.29, 1.82) is 0 Å². The molecule has 0 saturated carbocycles. The van der Waals surface area contributed by atoms with Gasteiger partial charge in [-0.15, -0.1) is 0 Å². The molecule has 1 saturated heterocycles. The average molecular weight is 415 g/mol. The Morgan fingerprint density at radius 2 is 1.84 bits per heavy atom. The molecule has 2 aromatic carbocycles. The molecular formula is C25H25N3O3. The van der Waals surface area contributed by atoms with E-state index in [1.165, 1.54) is 0 Å². The fourth-order valence-electron chi connectivity index (χ4n) is 4.04. The van der Waals surface area contributed by atoms with Gasteiger partial charge in [0.05, 0.1) is 11.6 Å². The molecule has 0 spiro atoms. The lowest BCUT2D eigenvalue weighted by molar-refractivity contribution is -0.139. The Morgan fingerprint density at radius 1 is 1.06 bits per heavy atom. The van der Waals surface area contributed by atoms with Crippen molar-refractivity contribution >= 4 is 28.2 Å². The number of aliphatic hydroxyl groups excluding tert-OH is 1. The van der Waals surface area contributed by atoms with Crippen LogP contribution in [0.4, 0.5) is 0 Å². The summed E-state index contributed by atoms with van der Waals surface area (Å²) in [7, 11) is 3.93. The van der Waals surface area contributed by atoms with Gasteiger partial charge in [0.2, 0.25) is 0 Å². The molecule has 1 unspecified atom stereocenters. The second-order valence-electron chi connectivity index (χ2n) is 8.00. The summed E-state index contributed by atoms with van der Waals surface area (Å²) in [5.41, 5.74) is 1.32. The summed E-state index contributed by atoms with van der Waals surface area (Å²) in [5, 5.41) is 13.2. The van der Waals surface area contributed by atoms with Gasteiger partial charge in [-0.2, -0.15) is 0 Å². The van der Waals surface area contributed by atoms with Gasteiger partial charge in [-0.3, -0.25) is 14.6 Å². The summed E-state index contributed by atoms with van der Waals surface area (Å²) in [4.78, 5) is 33.7. The predicted octanol–water partition coefficient (Wildman–Crippen LogP) is 3.61. The first-order valence-corrected chi connectivity index (χ1v) is 10.3. The number of amides is 1. The van der Waals surface area contributed by atoms with Gasteiger partial charge in [-0.1, -0.05) is 42.5 Å². The smallest absolute Gasteiger partial charge is 0.295 e. The van der Waals surface area contributed by atoms with Crippen molar-refractivity contribution in [2.75, 3.05) is 27.2 Å². The van der Waals surface area contributed by atoms with Crippen LogP contribution in [0.3, 0.4) is 0 Å². The molecule has 6 nitrogen and oxygen atoms in total. The number of nitrogens with zero attached hydrogens (tertiary/aromatic N) is 3. The van der Waals surface area contributed by atoms with Gasteiger partial charge in [0.1, 0.15) is 5.76 Å². The van der Waals surface area contributed by atoms with Crippen LogP contribution in [0.1, 0.15) is 23.6 Å². The third-order valence-corrected chi connectivity index (χ3v) is 5.57. The van der Waals surface area contributed by atoms with Crippen LogP contribution in [-0.4, -0.2) is 58.8 Å². The standard InChI is InChI=1S/C25H25N3O3/c1-27(2)13-6-14-28-22(20-9-5-12-26-16-20)21(24(30)25(28)31)23(29)19-11-10-17-7-3-4-8-18(17)15-19/h3-5,7-12,15-16,22,29H,6,13-14H2,1-2H3/b23-21-. The molecule has 0 aliphatic carbocycles. The van der Waals surface area contributed by atoms with Gasteiger partial charge in [-0.05, 0) is 55.5 Å². The maximum atomic E-state index is 13.0. The van der Waals surface area contributed by atoms with E-state index in [2.05, 4.69) is 4.98 Å². The van der Waals surface area contributed by atoms with Crippen LogP contribution in [0, 0.1) is 0 Å². The lowest BCUT2D eigenvalue weighted by Gasteiger charge is -2.25. The van der Waals surface area contributed by atoms with E-state index < -0.39 is 17.7 Å². The summed E-state index contributed by atoms with van der Waals surface area (Å²) in [6.07, 6.45) is 4.00. The number of hydrogen-bond acceptors (Lipinski definition) is 5. The normalized spacial score (nSPS) is 18.3. The highest BCUT2D eigenvalue weighted by molar-refractivity contribution is 6.46. The van der Waals surface area contributed by atoms with Crippen LogP contribution in [0.25, 0.3) is 16.5 Å². The number of ketones is 1. The summed E-state index contributed by atoms with van der Waals surface area (Å²) >= 11 is 0. The largest absolute Gasteiger partial charge is 0.507 e. The fourth-order valence-corrected chi connectivity index (χ4v) is 4.04. The van der Waals surface area contributed by atoms with Crippen molar-refractivity contribution < 1.29 is 14.7 Å². The molecule has 4 rings (SSSR count). The molecule has 1 aliphatic heterocycles. The van der Waals surface area contributed by atoms with Gasteiger partial charge in [0.25, 0.3) is 11.7 Å². The van der Waals surface area contributed by atoms with Gasteiger partial charge in [-0.25, -0.2) is 0 Å². The number of hydrogen-bond donors (Lipinski definition) is 1. The molecule has 0 bridgehead atoms. The third kappa shape index (κ3) is 4.07. The van der Waals surface area contributed by atoms with Crippen LogP contribution in [0.15, 0.2) is 72.6 Å². The van der Waals surface area contributed by atoms with E-state index in [-0.39, 0.29) is 11.3 Å². The van der Waals surface area contributed by atoms with Gasteiger partial charge in [0.15, 0.2) is 0 Å². The second kappa shape index (κ2) is 8.70. The minimum absolute atomic E-state index is 0.109. The van der Waals surface area contributed by atoms with Crippen LogP contribution in [-0.2, 0) is 9.59 Å². The molecular weight excluding hydrogens is 390 g/mol. The molecule has 1 N–H and O–H groups in total. The number of fused-ring (bicyclic) bond motifs is 1. The Kier molecular flexibility index (Phi) is 5.82. The van der Waals surface area contributed by atoms with Crippen LogP contribution >= 0.6 is 0 Å². The van der Waals surface area contributed by atoms with E-state index in [1.807, 2.05) is 61.5 Å². The van der Waals surface area contributed by atoms with Gasteiger partial charge in [0, 0.05) is 24.5 Å². The van der Waals surface area contributed by atoms with E-state index in [0.29, 0.717) is 24.1 Å². The molecule has 1 aromatic heterocycles. The zero-order valence-electron chi connectivity index (χ0n) is 17.7. The number of aromatic nitrogens is 1. The average Bonchev–Trinajstić information content (AvgIpc) is 3.03. The summed E-state index contributed by atoms with van der Waals surface area (Å²) in [6.45, 7) is 1.20. The monoisotopic (exact) mass is 415 g/mol. The predicted molar refractivity (Wildman–Crippen MR) is 120 cm³/mol. The Hall–Kier alpha value is -3.51.